The Kier molecular flexibility index (Phi) is 6.52. The highest BCUT2D eigenvalue weighted by Gasteiger charge is 2.33. The number of nitrogens with two attached hydrogens (primary N) is 1. The topological polar surface area (TPSA) is 123 Å². The molecule has 0 aromatic heterocycles. The van der Waals surface area contributed by atoms with Gasteiger partial charge in [-0.2, -0.15) is 0 Å². The summed E-state index contributed by atoms with van der Waals surface area (Å²) in [4.78, 5) is 26.4. The summed E-state index contributed by atoms with van der Waals surface area (Å²) in [6, 6.07) is 1.45. The van der Waals surface area contributed by atoms with E-state index in [4.69, 9.17) is 31.5 Å². The smallest absolute Gasteiger partial charge is 0.410 e. The number of hydrogen-bond donors (Lipinski definition) is 3. The average molecular weight is 442 g/mol. The van der Waals surface area contributed by atoms with Gasteiger partial charge in [0.1, 0.15) is 23.8 Å². The highest BCUT2D eigenvalue weighted by molar-refractivity contribution is 6.35. The number of fused-ring (bicyclic) bond motifs is 1. The molecule has 1 aromatic carbocycles. The summed E-state index contributed by atoms with van der Waals surface area (Å²) in [6.45, 7) is 6.82. The van der Waals surface area contributed by atoms with E-state index >= 15 is 0 Å². The summed E-state index contributed by atoms with van der Waals surface area (Å²) in [7, 11) is 0. The molecule has 2 heterocycles. The number of amides is 2. The first-order chi connectivity index (χ1) is 14.1. The van der Waals surface area contributed by atoms with Gasteiger partial charge in [0, 0.05) is 19.0 Å². The number of likely N-dealkylation sites (tertiary alicyclic amines) is 1. The fourth-order valence-corrected chi connectivity index (χ4v) is 3.59. The van der Waals surface area contributed by atoms with Gasteiger partial charge in [0.2, 0.25) is 0 Å². The minimum absolute atomic E-state index is 0.149. The van der Waals surface area contributed by atoms with Crippen LogP contribution in [0.2, 0.25) is 5.02 Å². The Morgan fingerprint density at radius 3 is 2.63 bits per heavy atom. The lowest BCUT2D eigenvalue weighted by Crippen LogP contribution is -2.50. The van der Waals surface area contributed by atoms with Crippen LogP contribution in [0.4, 0.5) is 10.5 Å². The normalized spacial score (nSPS) is 21.2. The molecule has 2 atom stereocenters. The molecule has 4 N–H and O–H groups in total. The van der Waals surface area contributed by atoms with Crippen molar-refractivity contribution in [2.75, 3.05) is 38.6 Å². The Hall–Kier alpha value is -2.39. The molecule has 1 aromatic rings. The molecule has 1 fully saturated rings. The van der Waals surface area contributed by atoms with Gasteiger partial charge in [-0.25, -0.2) is 4.79 Å². The van der Waals surface area contributed by atoms with E-state index in [1.54, 1.807) is 20.8 Å². The second-order valence-corrected chi connectivity index (χ2v) is 8.81. The third-order valence-electron chi connectivity index (χ3n) is 4.92. The van der Waals surface area contributed by atoms with Crippen molar-refractivity contribution >= 4 is 29.3 Å². The van der Waals surface area contributed by atoms with Gasteiger partial charge in [-0.1, -0.05) is 11.6 Å². The van der Waals surface area contributed by atoms with E-state index in [1.165, 1.54) is 11.0 Å². The number of β-amino-alcohol motifs (C(OH)–C–C–N with tert-alkyl or cyclic N) is 1. The van der Waals surface area contributed by atoms with Crippen molar-refractivity contribution in [1.82, 2.24) is 10.2 Å². The Balaban J connectivity index is 1.60. The number of halogens is 1. The molecule has 2 amide bonds. The summed E-state index contributed by atoms with van der Waals surface area (Å²) in [6.07, 6.45) is -0.707. The van der Waals surface area contributed by atoms with Crippen LogP contribution < -0.4 is 20.5 Å². The lowest BCUT2D eigenvalue weighted by Gasteiger charge is -2.36. The number of ether oxygens (including phenoxy) is 3. The third kappa shape index (κ3) is 5.02. The van der Waals surface area contributed by atoms with E-state index in [2.05, 4.69) is 5.32 Å². The fraction of sp³-hybridized carbons (Fsp3) is 0.600. The monoisotopic (exact) mass is 441 g/mol. The summed E-state index contributed by atoms with van der Waals surface area (Å²) >= 11 is 6.15. The van der Waals surface area contributed by atoms with Gasteiger partial charge in [0.25, 0.3) is 5.91 Å². The van der Waals surface area contributed by atoms with Crippen LogP contribution in [0.3, 0.4) is 0 Å². The predicted molar refractivity (Wildman–Crippen MR) is 111 cm³/mol. The zero-order chi connectivity index (χ0) is 22.1. The molecule has 0 aliphatic carbocycles. The molecule has 2 aliphatic heterocycles. The van der Waals surface area contributed by atoms with Crippen molar-refractivity contribution in [3.63, 3.8) is 0 Å². The molecular weight excluding hydrogens is 414 g/mol. The van der Waals surface area contributed by atoms with E-state index in [0.29, 0.717) is 26.2 Å². The average Bonchev–Trinajstić information content (AvgIpc) is 2.68. The van der Waals surface area contributed by atoms with Crippen LogP contribution in [0.25, 0.3) is 0 Å². The summed E-state index contributed by atoms with van der Waals surface area (Å²) in [5.41, 5.74) is 5.74. The zero-order valence-electron chi connectivity index (χ0n) is 17.4. The van der Waals surface area contributed by atoms with Crippen LogP contribution in [0.15, 0.2) is 6.07 Å². The van der Waals surface area contributed by atoms with Crippen LogP contribution in [-0.4, -0.2) is 66.6 Å². The maximum atomic E-state index is 12.7. The highest BCUT2D eigenvalue weighted by Crippen LogP contribution is 2.43. The first-order valence-electron chi connectivity index (χ1n) is 9.88. The quantitative estimate of drug-likeness (QED) is 0.613. The number of aliphatic hydroxyl groups excluding tert-OH is 1. The van der Waals surface area contributed by atoms with Crippen molar-refractivity contribution in [1.29, 1.82) is 0 Å². The van der Waals surface area contributed by atoms with E-state index in [0.717, 1.165) is 0 Å². The molecule has 3 rings (SSSR count). The maximum absolute atomic E-state index is 12.7. The largest absolute Gasteiger partial charge is 0.485 e. The lowest BCUT2D eigenvalue weighted by molar-refractivity contribution is -0.0122. The van der Waals surface area contributed by atoms with Crippen LogP contribution in [-0.2, 0) is 4.74 Å². The fourth-order valence-electron chi connectivity index (χ4n) is 3.40. The summed E-state index contributed by atoms with van der Waals surface area (Å²) in [5, 5.41) is 13.5. The molecule has 0 bridgehead atoms. The maximum Gasteiger partial charge on any atom is 0.410 e. The predicted octanol–water partition coefficient (Wildman–Crippen LogP) is 2.04. The van der Waals surface area contributed by atoms with Crippen molar-refractivity contribution < 1.29 is 28.9 Å². The van der Waals surface area contributed by atoms with Gasteiger partial charge in [0.15, 0.2) is 11.5 Å². The van der Waals surface area contributed by atoms with E-state index < -0.39 is 23.7 Å². The van der Waals surface area contributed by atoms with Gasteiger partial charge in [-0.3, -0.25) is 4.79 Å². The molecule has 9 nitrogen and oxygen atoms in total. The summed E-state index contributed by atoms with van der Waals surface area (Å²) in [5.74, 6) is -0.0795. The first-order valence-corrected chi connectivity index (χ1v) is 10.3. The van der Waals surface area contributed by atoms with E-state index in [1.807, 2.05) is 0 Å². The van der Waals surface area contributed by atoms with Gasteiger partial charge in [-0.15, -0.1) is 0 Å². The van der Waals surface area contributed by atoms with Crippen molar-refractivity contribution in [2.24, 2.45) is 5.92 Å². The minimum atomic E-state index is -0.782. The minimum Gasteiger partial charge on any atom is -0.485 e. The molecular formula is C20H28ClN3O6. The Bertz CT molecular complexity index is 826. The number of piperidine rings is 1. The second kappa shape index (κ2) is 8.77. The van der Waals surface area contributed by atoms with E-state index in [9.17, 15) is 14.7 Å². The molecule has 0 unspecified atom stereocenters. The molecule has 0 radical (unpaired) electrons. The molecule has 0 saturated carbocycles. The standard InChI is InChI=1S/C20H28ClN3O6/c1-20(2,3)30-19(27)24-5-4-11(14(25)10-24)9-23-18(26)12-8-13(22)15(21)17-16(12)28-6-7-29-17/h8,11,14,25H,4-7,9-10,22H2,1-3H3,(H,23,26)/t11-,14+/m0/s1. The number of hydrogen-bond acceptors (Lipinski definition) is 7. The number of benzene rings is 1. The number of carbonyl (C=O) groups excluding carboxylic acids is 2. The number of anilines is 1. The molecule has 30 heavy (non-hydrogen) atoms. The third-order valence-corrected chi connectivity index (χ3v) is 5.31. The van der Waals surface area contributed by atoms with Crippen molar-refractivity contribution in [3.8, 4) is 11.5 Å². The second-order valence-electron chi connectivity index (χ2n) is 8.43. The molecule has 0 spiro atoms. The van der Waals surface area contributed by atoms with Crippen molar-refractivity contribution in [2.45, 2.75) is 38.9 Å². The molecule has 166 valence electrons. The van der Waals surface area contributed by atoms with Crippen LogP contribution >= 0.6 is 11.6 Å². The number of aliphatic hydroxyl groups is 1. The van der Waals surface area contributed by atoms with E-state index in [-0.39, 0.29) is 46.8 Å². The van der Waals surface area contributed by atoms with Gasteiger partial charge in [-0.05, 0) is 33.3 Å². The number of nitrogens with zero attached hydrogens (tertiary/aromatic N) is 1. The highest BCUT2D eigenvalue weighted by atomic mass is 35.5. The Morgan fingerprint density at radius 2 is 2.00 bits per heavy atom. The summed E-state index contributed by atoms with van der Waals surface area (Å²) < 4.78 is 16.4. The van der Waals surface area contributed by atoms with Crippen LogP contribution in [0.5, 0.6) is 11.5 Å². The van der Waals surface area contributed by atoms with Gasteiger partial charge in [0.05, 0.1) is 23.9 Å². The SMILES string of the molecule is CC(C)(C)OC(=O)N1CC[C@@H](CNC(=O)c2cc(N)c(Cl)c3c2OCCO3)[C@H](O)C1. The van der Waals surface area contributed by atoms with Crippen LogP contribution in [0, 0.1) is 5.92 Å². The van der Waals surface area contributed by atoms with Crippen molar-refractivity contribution in [3.05, 3.63) is 16.7 Å². The number of nitrogens with one attached hydrogen (secondary N) is 1. The molecule has 2 aliphatic rings. The number of rotatable bonds is 3. The Labute approximate surface area is 180 Å². The van der Waals surface area contributed by atoms with Gasteiger partial charge < -0.3 is 35.3 Å². The zero-order valence-corrected chi connectivity index (χ0v) is 18.1. The first kappa shape index (κ1) is 22.3. The number of carbonyl (C=O) groups is 2. The lowest BCUT2D eigenvalue weighted by atomic mass is 9.94. The molecule has 10 heteroatoms. The Morgan fingerprint density at radius 1 is 1.33 bits per heavy atom. The number of nitrogen functional groups attached to an aromatic ring is 1. The van der Waals surface area contributed by atoms with Gasteiger partial charge >= 0.3 is 6.09 Å². The van der Waals surface area contributed by atoms with Crippen LogP contribution in [0.1, 0.15) is 37.6 Å². The molecule has 1 saturated heterocycles.